The lowest BCUT2D eigenvalue weighted by Gasteiger charge is -2.09. The Morgan fingerprint density at radius 3 is 1.67 bits per heavy atom. The Labute approximate surface area is 248 Å². The van der Waals surface area contributed by atoms with E-state index in [1.54, 1.807) is 12.1 Å². The first-order valence-corrected chi connectivity index (χ1v) is 15.0. The SMILES string of the molecule is CCCCCCCCCCCCCCOc1ccc(C(=O)Oc2ccc(C(=O)Oc3ccc(C#N)cc3)cc2)cc1F. The van der Waals surface area contributed by atoms with Crippen LogP contribution in [0.15, 0.2) is 66.7 Å². The molecule has 0 bridgehead atoms. The highest BCUT2D eigenvalue weighted by Gasteiger charge is 2.14. The van der Waals surface area contributed by atoms with E-state index in [0.717, 1.165) is 25.3 Å². The summed E-state index contributed by atoms with van der Waals surface area (Å²) >= 11 is 0. The fraction of sp³-hybridized carbons (Fsp3) is 0.400. The van der Waals surface area contributed by atoms with Crippen molar-refractivity contribution in [2.75, 3.05) is 6.61 Å². The van der Waals surface area contributed by atoms with Crippen LogP contribution in [0.5, 0.6) is 17.2 Å². The van der Waals surface area contributed by atoms with E-state index in [0.29, 0.717) is 17.9 Å². The molecule has 0 aromatic heterocycles. The highest BCUT2D eigenvalue weighted by atomic mass is 19.1. The second-order valence-electron chi connectivity index (χ2n) is 10.3. The number of benzene rings is 3. The number of carbonyl (C=O) groups is 2. The molecule has 3 aromatic carbocycles. The number of rotatable bonds is 18. The van der Waals surface area contributed by atoms with E-state index >= 15 is 0 Å². The third-order valence-electron chi connectivity index (χ3n) is 6.92. The smallest absolute Gasteiger partial charge is 0.343 e. The zero-order valence-corrected chi connectivity index (χ0v) is 24.4. The fourth-order valence-electron chi connectivity index (χ4n) is 4.46. The number of nitrogens with zero attached hydrogens (tertiary/aromatic N) is 1. The average molecular weight is 574 g/mol. The minimum absolute atomic E-state index is 0.0505. The largest absolute Gasteiger partial charge is 0.491 e. The molecule has 0 amide bonds. The summed E-state index contributed by atoms with van der Waals surface area (Å²) in [5.41, 5.74) is 0.757. The standard InChI is InChI=1S/C35H40FNO5/c1-2-3-4-5-6-7-8-9-10-11-12-13-24-40-33-23-18-29(25-32(33)36)35(39)42-31-21-16-28(17-22-31)34(38)41-30-19-14-27(26-37)15-20-30/h14-23,25H,2-13,24H2,1H3. The highest BCUT2D eigenvalue weighted by Crippen LogP contribution is 2.22. The molecule has 6 nitrogen and oxygen atoms in total. The van der Waals surface area contributed by atoms with E-state index in [-0.39, 0.29) is 22.6 Å². The Kier molecular flexibility index (Phi) is 14.1. The van der Waals surface area contributed by atoms with Gasteiger partial charge in [0.15, 0.2) is 11.6 Å². The van der Waals surface area contributed by atoms with Gasteiger partial charge in [0, 0.05) is 0 Å². The molecule has 0 aliphatic rings. The van der Waals surface area contributed by atoms with Crippen LogP contribution in [0.25, 0.3) is 0 Å². The number of ether oxygens (including phenoxy) is 3. The molecule has 0 spiro atoms. The van der Waals surface area contributed by atoms with Crippen molar-refractivity contribution in [1.82, 2.24) is 0 Å². The predicted molar refractivity (Wildman–Crippen MR) is 160 cm³/mol. The number of esters is 2. The molecule has 222 valence electrons. The van der Waals surface area contributed by atoms with Gasteiger partial charge in [-0.05, 0) is 73.2 Å². The minimum atomic E-state index is -0.727. The fourth-order valence-corrected chi connectivity index (χ4v) is 4.46. The van der Waals surface area contributed by atoms with Crippen molar-refractivity contribution in [2.24, 2.45) is 0 Å². The average Bonchev–Trinajstić information content (AvgIpc) is 3.00. The topological polar surface area (TPSA) is 85.6 Å². The van der Waals surface area contributed by atoms with Gasteiger partial charge >= 0.3 is 11.9 Å². The molecule has 0 unspecified atom stereocenters. The van der Waals surface area contributed by atoms with Crippen molar-refractivity contribution >= 4 is 11.9 Å². The second kappa shape index (κ2) is 18.3. The van der Waals surface area contributed by atoms with Crippen molar-refractivity contribution in [1.29, 1.82) is 5.26 Å². The Hall–Kier alpha value is -4.18. The van der Waals surface area contributed by atoms with Gasteiger partial charge in [0.1, 0.15) is 11.5 Å². The molecule has 0 saturated carbocycles. The van der Waals surface area contributed by atoms with Crippen molar-refractivity contribution in [3.05, 3.63) is 89.2 Å². The lowest BCUT2D eigenvalue weighted by Crippen LogP contribution is -2.11. The molecule has 42 heavy (non-hydrogen) atoms. The first kappa shape index (κ1) is 32.3. The minimum Gasteiger partial charge on any atom is -0.491 e. The molecule has 7 heteroatoms. The molecule has 0 saturated heterocycles. The number of carbonyl (C=O) groups excluding carboxylic acids is 2. The van der Waals surface area contributed by atoms with E-state index in [1.807, 2.05) is 6.07 Å². The van der Waals surface area contributed by atoms with Gasteiger partial charge in [-0.2, -0.15) is 5.26 Å². The molecular formula is C35H40FNO5. The maximum atomic E-state index is 14.6. The highest BCUT2D eigenvalue weighted by molar-refractivity contribution is 5.92. The van der Waals surface area contributed by atoms with Crippen LogP contribution in [0.4, 0.5) is 4.39 Å². The quantitative estimate of drug-likeness (QED) is 0.0856. The van der Waals surface area contributed by atoms with Crippen LogP contribution in [0.3, 0.4) is 0 Å². The van der Waals surface area contributed by atoms with Gasteiger partial charge in [0.25, 0.3) is 0 Å². The van der Waals surface area contributed by atoms with Gasteiger partial charge in [-0.1, -0.05) is 77.6 Å². The molecule has 0 atom stereocenters. The van der Waals surface area contributed by atoms with Crippen molar-refractivity contribution < 1.29 is 28.2 Å². The molecule has 0 heterocycles. The zero-order chi connectivity index (χ0) is 30.0. The Balaban J connectivity index is 1.34. The van der Waals surface area contributed by atoms with E-state index in [2.05, 4.69) is 6.92 Å². The Bertz CT molecular complexity index is 1300. The van der Waals surface area contributed by atoms with Crippen LogP contribution >= 0.6 is 0 Å². The first-order chi connectivity index (χ1) is 20.5. The number of unbranched alkanes of at least 4 members (excludes halogenated alkanes) is 11. The number of halogens is 1. The number of hydrogen-bond acceptors (Lipinski definition) is 6. The zero-order valence-electron chi connectivity index (χ0n) is 24.4. The molecule has 0 aliphatic heterocycles. The lowest BCUT2D eigenvalue weighted by molar-refractivity contribution is 0.0730. The molecule has 0 N–H and O–H groups in total. The molecular weight excluding hydrogens is 533 g/mol. The molecule has 0 fully saturated rings. The van der Waals surface area contributed by atoms with Crippen LogP contribution in [0.1, 0.15) is 110 Å². The summed E-state index contributed by atoms with van der Waals surface area (Å²) in [6.45, 7) is 2.67. The third kappa shape index (κ3) is 11.4. The third-order valence-corrected chi connectivity index (χ3v) is 6.92. The van der Waals surface area contributed by atoms with Crippen LogP contribution in [-0.4, -0.2) is 18.5 Å². The number of hydrogen-bond donors (Lipinski definition) is 0. The van der Waals surface area contributed by atoms with Crippen LogP contribution in [0.2, 0.25) is 0 Å². The van der Waals surface area contributed by atoms with Gasteiger partial charge in [-0.3, -0.25) is 0 Å². The summed E-state index contributed by atoms with van der Waals surface area (Å²) in [5.74, 6) is -1.34. The molecule has 0 aliphatic carbocycles. The second-order valence-corrected chi connectivity index (χ2v) is 10.3. The van der Waals surface area contributed by atoms with E-state index in [1.165, 1.54) is 106 Å². The molecule has 3 rings (SSSR count). The Morgan fingerprint density at radius 1 is 0.667 bits per heavy atom. The summed E-state index contributed by atoms with van der Waals surface area (Å²) in [4.78, 5) is 24.9. The summed E-state index contributed by atoms with van der Waals surface area (Å²) in [6, 6.07) is 18.0. The lowest BCUT2D eigenvalue weighted by atomic mass is 10.1. The van der Waals surface area contributed by atoms with Crippen molar-refractivity contribution in [3.63, 3.8) is 0 Å². The summed E-state index contributed by atoms with van der Waals surface area (Å²) in [6.07, 6.45) is 14.9. The van der Waals surface area contributed by atoms with E-state index in [9.17, 15) is 14.0 Å². The molecule has 3 aromatic rings. The van der Waals surface area contributed by atoms with Gasteiger partial charge in [-0.25, -0.2) is 14.0 Å². The van der Waals surface area contributed by atoms with Gasteiger partial charge in [0.2, 0.25) is 0 Å². The number of nitriles is 1. The normalized spacial score (nSPS) is 10.6. The van der Waals surface area contributed by atoms with E-state index in [4.69, 9.17) is 19.5 Å². The van der Waals surface area contributed by atoms with Gasteiger partial charge < -0.3 is 14.2 Å². The Morgan fingerprint density at radius 2 is 1.14 bits per heavy atom. The van der Waals surface area contributed by atoms with Crippen molar-refractivity contribution in [2.45, 2.75) is 84.0 Å². The monoisotopic (exact) mass is 573 g/mol. The van der Waals surface area contributed by atoms with Gasteiger partial charge in [-0.15, -0.1) is 0 Å². The summed E-state index contributed by atoms with van der Waals surface area (Å²) in [7, 11) is 0. The molecule has 0 radical (unpaired) electrons. The van der Waals surface area contributed by atoms with Crippen LogP contribution in [0, 0.1) is 17.1 Å². The van der Waals surface area contributed by atoms with Crippen molar-refractivity contribution in [3.8, 4) is 23.3 Å². The van der Waals surface area contributed by atoms with Gasteiger partial charge in [0.05, 0.1) is 29.4 Å². The van der Waals surface area contributed by atoms with Crippen LogP contribution < -0.4 is 14.2 Å². The maximum Gasteiger partial charge on any atom is 0.343 e. The summed E-state index contributed by atoms with van der Waals surface area (Å²) in [5, 5.41) is 8.85. The maximum absolute atomic E-state index is 14.6. The predicted octanol–water partition coefficient (Wildman–Crippen LogP) is 9.22. The summed E-state index contributed by atoms with van der Waals surface area (Å²) < 4.78 is 30.8. The van der Waals surface area contributed by atoms with E-state index < -0.39 is 17.8 Å². The van der Waals surface area contributed by atoms with Crippen LogP contribution in [-0.2, 0) is 0 Å². The first-order valence-electron chi connectivity index (χ1n) is 15.0.